The van der Waals surface area contributed by atoms with Gasteiger partial charge < -0.3 is 5.32 Å². The topological polar surface area (TPSA) is 12.0 Å². The lowest BCUT2D eigenvalue weighted by atomic mass is 9.80. The van der Waals surface area contributed by atoms with Gasteiger partial charge in [-0.3, -0.25) is 0 Å². The second kappa shape index (κ2) is 7.41. The highest BCUT2D eigenvalue weighted by molar-refractivity contribution is 4.77. The van der Waals surface area contributed by atoms with Crippen LogP contribution in [0.25, 0.3) is 0 Å². The van der Waals surface area contributed by atoms with E-state index in [0.29, 0.717) is 0 Å². The summed E-state index contributed by atoms with van der Waals surface area (Å²) in [5.41, 5.74) is 0. The summed E-state index contributed by atoms with van der Waals surface area (Å²) in [5.74, 6) is 1.93. The Balaban J connectivity index is 1.68. The maximum absolute atomic E-state index is 3.89. The van der Waals surface area contributed by atoms with Crippen molar-refractivity contribution >= 4 is 0 Å². The third-order valence-electron chi connectivity index (χ3n) is 5.06. The molecule has 2 saturated carbocycles. The summed E-state index contributed by atoms with van der Waals surface area (Å²) in [4.78, 5) is 0. The van der Waals surface area contributed by atoms with Gasteiger partial charge in [0.25, 0.3) is 0 Å². The van der Waals surface area contributed by atoms with Crippen LogP contribution in [-0.2, 0) is 0 Å². The molecule has 0 spiro atoms. The summed E-state index contributed by atoms with van der Waals surface area (Å²) in [6.07, 6.45) is 16.1. The summed E-state index contributed by atoms with van der Waals surface area (Å²) in [7, 11) is 0. The van der Waals surface area contributed by atoms with Crippen molar-refractivity contribution in [3.63, 3.8) is 0 Å². The van der Waals surface area contributed by atoms with Crippen LogP contribution in [0, 0.1) is 11.8 Å². The summed E-state index contributed by atoms with van der Waals surface area (Å²) in [6, 6.07) is 0.837. The molecule has 2 aliphatic rings. The molecule has 17 heavy (non-hydrogen) atoms. The molecule has 0 radical (unpaired) electrons. The van der Waals surface area contributed by atoms with Crippen molar-refractivity contribution < 1.29 is 0 Å². The zero-order valence-corrected chi connectivity index (χ0v) is 11.7. The van der Waals surface area contributed by atoms with E-state index in [2.05, 4.69) is 12.2 Å². The van der Waals surface area contributed by atoms with E-state index in [1.165, 1.54) is 77.2 Å². The second-order valence-electron chi connectivity index (χ2n) is 6.47. The van der Waals surface area contributed by atoms with Gasteiger partial charge in [-0.05, 0) is 37.6 Å². The van der Waals surface area contributed by atoms with Crippen LogP contribution in [0.1, 0.15) is 77.6 Å². The molecule has 2 unspecified atom stereocenters. The maximum atomic E-state index is 3.89. The smallest absolute Gasteiger partial charge is 0.00671 e. The molecule has 2 atom stereocenters. The standard InChI is InChI=1S/C16H31N/c1-14-9-7-8-10-15(14)13-17-16-11-5-3-2-4-6-12-16/h14-17H,2-13H2,1H3. The number of nitrogens with one attached hydrogen (secondary N) is 1. The quantitative estimate of drug-likeness (QED) is 0.761. The van der Waals surface area contributed by atoms with Gasteiger partial charge in [0.1, 0.15) is 0 Å². The molecule has 100 valence electrons. The Morgan fingerprint density at radius 2 is 1.35 bits per heavy atom. The molecule has 0 aliphatic heterocycles. The highest BCUT2D eigenvalue weighted by atomic mass is 14.9. The first-order valence-corrected chi connectivity index (χ1v) is 8.09. The van der Waals surface area contributed by atoms with Crippen LogP contribution in [0.3, 0.4) is 0 Å². The lowest BCUT2D eigenvalue weighted by molar-refractivity contribution is 0.234. The molecule has 2 fully saturated rings. The highest BCUT2D eigenvalue weighted by Gasteiger charge is 2.22. The number of hydrogen-bond donors (Lipinski definition) is 1. The van der Waals surface area contributed by atoms with Crippen molar-refractivity contribution in [1.29, 1.82) is 0 Å². The SMILES string of the molecule is CC1CCCCC1CNC1CCCCCCC1. The fourth-order valence-electron chi connectivity index (χ4n) is 3.67. The van der Waals surface area contributed by atoms with E-state index in [-0.39, 0.29) is 0 Å². The largest absolute Gasteiger partial charge is 0.314 e. The van der Waals surface area contributed by atoms with E-state index in [9.17, 15) is 0 Å². The minimum absolute atomic E-state index is 0.837. The fraction of sp³-hybridized carbons (Fsp3) is 1.00. The van der Waals surface area contributed by atoms with Crippen molar-refractivity contribution in [1.82, 2.24) is 5.32 Å². The average molecular weight is 237 g/mol. The van der Waals surface area contributed by atoms with Crippen LogP contribution < -0.4 is 5.32 Å². The summed E-state index contributed by atoms with van der Waals surface area (Å²) in [6.45, 7) is 3.76. The van der Waals surface area contributed by atoms with Gasteiger partial charge in [-0.1, -0.05) is 58.3 Å². The first kappa shape index (κ1) is 13.4. The lowest BCUT2D eigenvalue weighted by Gasteiger charge is -2.31. The van der Waals surface area contributed by atoms with E-state index in [0.717, 1.165) is 17.9 Å². The molecule has 0 aromatic rings. The number of rotatable bonds is 3. The molecule has 0 aromatic carbocycles. The molecular weight excluding hydrogens is 206 g/mol. The Labute approximate surface area is 108 Å². The Hall–Kier alpha value is -0.0400. The highest BCUT2D eigenvalue weighted by Crippen LogP contribution is 2.29. The van der Waals surface area contributed by atoms with Crippen LogP contribution in [0.15, 0.2) is 0 Å². The lowest BCUT2D eigenvalue weighted by Crippen LogP contribution is -2.36. The molecule has 0 bridgehead atoms. The monoisotopic (exact) mass is 237 g/mol. The molecule has 0 saturated heterocycles. The molecule has 1 nitrogen and oxygen atoms in total. The molecular formula is C16H31N. The normalized spacial score (nSPS) is 33.0. The summed E-state index contributed by atoms with van der Waals surface area (Å²) < 4.78 is 0. The van der Waals surface area contributed by atoms with Gasteiger partial charge in [0.05, 0.1) is 0 Å². The van der Waals surface area contributed by atoms with E-state index >= 15 is 0 Å². The van der Waals surface area contributed by atoms with Crippen molar-refractivity contribution in [3.05, 3.63) is 0 Å². The van der Waals surface area contributed by atoms with Gasteiger partial charge in [-0.15, -0.1) is 0 Å². The first-order chi connectivity index (χ1) is 8.36. The molecule has 0 heterocycles. The zero-order valence-electron chi connectivity index (χ0n) is 11.7. The molecule has 2 rings (SSSR count). The number of hydrogen-bond acceptors (Lipinski definition) is 1. The van der Waals surface area contributed by atoms with Gasteiger partial charge in [0, 0.05) is 6.04 Å². The van der Waals surface area contributed by atoms with Crippen molar-refractivity contribution in [2.45, 2.75) is 83.6 Å². The predicted octanol–water partition coefficient (Wildman–Crippen LogP) is 4.52. The molecule has 0 amide bonds. The minimum atomic E-state index is 0.837. The van der Waals surface area contributed by atoms with Crippen molar-refractivity contribution in [2.75, 3.05) is 6.54 Å². The molecule has 2 aliphatic carbocycles. The summed E-state index contributed by atoms with van der Waals surface area (Å²) in [5, 5.41) is 3.89. The van der Waals surface area contributed by atoms with Gasteiger partial charge in [0.2, 0.25) is 0 Å². The molecule has 1 heteroatoms. The van der Waals surface area contributed by atoms with E-state index < -0.39 is 0 Å². The van der Waals surface area contributed by atoms with E-state index in [4.69, 9.17) is 0 Å². The first-order valence-electron chi connectivity index (χ1n) is 8.09. The average Bonchev–Trinajstić information content (AvgIpc) is 2.29. The molecule has 0 aromatic heterocycles. The second-order valence-corrected chi connectivity index (χ2v) is 6.47. The van der Waals surface area contributed by atoms with Crippen LogP contribution in [0.4, 0.5) is 0 Å². The van der Waals surface area contributed by atoms with Crippen LogP contribution in [-0.4, -0.2) is 12.6 Å². The minimum Gasteiger partial charge on any atom is -0.314 e. The van der Waals surface area contributed by atoms with Gasteiger partial charge >= 0.3 is 0 Å². The predicted molar refractivity (Wildman–Crippen MR) is 75.2 cm³/mol. The Morgan fingerprint density at radius 3 is 2.06 bits per heavy atom. The molecule has 1 N–H and O–H groups in total. The third kappa shape index (κ3) is 4.62. The van der Waals surface area contributed by atoms with Crippen molar-refractivity contribution in [2.24, 2.45) is 11.8 Å². The maximum Gasteiger partial charge on any atom is 0.00671 e. The summed E-state index contributed by atoms with van der Waals surface area (Å²) >= 11 is 0. The van der Waals surface area contributed by atoms with Gasteiger partial charge in [-0.25, -0.2) is 0 Å². The Kier molecular flexibility index (Phi) is 5.84. The van der Waals surface area contributed by atoms with Crippen LogP contribution >= 0.6 is 0 Å². The van der Waals surface area contributed by atoms with Crippen LogP contribution in [0.2, 0.25) is 0 Å². The zero-order chi connectivity index (χ0) is 11.9. The Morgan fingerprint density at radius 1 is 0.765 bits per heavy atom. The third-order valence-corrected chi connectivity index (χ3v) is 5.06. The Bertz CT molecular complexity index is 194. The van der Waals surface area contributed by atoms with E-state index in [1.807, 2.05) is 0 Å². The van der Waals surface area contributed by atoms with Gasteiger partial charge in [0.15, 0.2) is 0 Å². The fourth-order valence-corrected chi connectivity index (χ4v) is 3.67. The van der Waals surface area contributed by atoms with Gasteiger partial charge in [-0.2, -0.15) is 0 Å². The van der Waals surface area contributed by atoms with Crippen LogP contribution in [0.5, 0.6) is 0 Å². The van der Waals surface area contributed by atoms with E-state index in [1.54, 1.807) is 0 Å². The van der Waals surface area contributed by atoms with Crippen molar-refractivity contribution in [3.8, 4) is 0 Å².